The fourth-order valence-corrected chi connectivity index (χ4v) is 3.90. The molecule has 0 aliphatic carbocycles. The van der Waals surface area contributed by atoms with Crippen LogP contribution in [0.5, 0.6) is 0 Å². The molecule has 1 aromatic carbocycles. The molecule has 6 heteroatoms. The Morgan fingerprint density at radius 1 is 1.05 bits per heavy atom. The number of rotatable bonds is 9. The van der Waals surface area contributed by atoms with Gasteiger partial charge < -0.3 is 8.85 Å². The maximum Gasteiger partial charge on any atom is 0.416 e. The van der Waals surface area contributed by atoms with Crippen LogP contribution >= 0.6 is 0 Å². The van der Waals surface area contributed by atoms with E-state index in [4.69, 9.17) is 8.85 Å². The van der Waals surface area contributed by atoms with Crippen molar-refractivity contribution in [3.8, 4) is 0 Å². The van der Waals surface area contributed by atoms with E-state index in [-0.39, 0.29) is 0 Å². The summed E-state index contributed by atoms with van der Waals surface area (Å²) in [6.45, 7) is 5.36. The molecule has 2 nitrogen and oxygen atoms in total. The predicted molar refractivity (Wildman–Crippen MR) is 79.6 cm³/mol. The van der Waals surface area contributed by atoms with Gasteiger partial charge in [0.1, 0.15) is 0 Å². The lowest BCUT2D eigenvalue weighted by Crippen LogP contribution is -2.24. The summed E-state index contributed by atoms with van der Waals surface area (Å²) in [6, 6.07) is 6.18. The lowest BCUT2D eigenvalue weighted by Gasteiger charge is -2.16. The third kappa shape index (κ3) is 7.11. The van der Waals surface area contributed by atoms with Gasteiger partial charge in [0.05, 0.1) is 5.56 Å². The van der Waals surface area contributed by atoms with E-state index in [1.54, 1.807) is 6.07 Å². The van der Waals surface area contributed by atoms with Crippen molar-refractivity contribution >= 4 is 9.28 Å². The molecule has 0 N–H and O–H groups in total. The van der Waals surface area contributed by atoms with Gasteiger partial charge in [0.2, 0.25) is 0 Å². The van der Waals surface area contributed by atoms with Gasteiger partial charge in [-0.25, -0.2) is 0 Å². The molecule has 120 valence electrons. The highest BCUT2D eigenvalue weighted by Crippen LogP contribution is 2.29. The number of alkyl halides is 3. The summed E-state index contributed by atoms with van der Waals surface area (Å²) in [5.41, 5.74) is 0.0877. The van der Waals surface area contributed by atoms with Crippen LogP contribution in [0.1, 0.15) is 37.8 Å². The second kappa shape index (κ2) is 9.22. The number of hydrogen-bond acceptors (Lipinski definition) is 2. The first-order chi connectivity index (χ1) is 9.97. The van der Waals surface area contributed by atoms with E-state index in [1.807, 2.05) is 13.8 Å². The Bertz CT molecular complexity index is 402. The van der Waals surface area contributed by atoms with Gasteiger partial charge >= 0.3 is 15.5 Å². The van der Waals surface area contributed by atoms with E-state index in [9.17, 15) is 13.2 Å². The summed E-state index contributed by atoms with van der Waals surface area (Å²) in [7, 11) is -1.78. The minimum Gasteiger partial charge on any atom is -0.397 e. The van der Waals surface area contributed by atoms with E-state index in [1.165, 1.54) is 12.1 Å². The van der Waals surface area contributed by atoms with Crippen LogP contribution in [0.3, 0.4) is 0 Å². The quantitative estimate of drug-likeness (QED) is 0.631. The predicted octanol–water partition coefficient (Wildman–Crippen LogP) is 4.32. The first-order valence-electron chi connectivity index (χ1n) is 7.36. The first kappa shape index (κ1) is 18.2. The van der Waals surface area contributed by atoms with E-state index >= 15 is 0 Å². The Hall–Kier alpha value is -0.853. The monoisotopic (exact) mass is 320 g/mol. The van der Waals surface area contributed by atoms with Crippen LogP contribution in [0.15, 0.2) is 24.3 Å². The number of hydrogen-bond donors (Lipinski definition) is 0. The molecule has 0 atom stereocenters. The third-order valence-corrected chi connectivity index (χ3v) is 4.91. The molecule has 0 aliphatic rings. The zero-order chi connectivity index (χ0) is 15.7. The van der Waals surface area contributed by atoms with Crippen LogP contribution in [-0.2, 0) is 21.4 Å². The minimum atomic E-state index is -4.29. The Morgan fingerprint density at radius 2 is 1.67 bits per heavy atom. The van der Waals surface area contributed by atoms with Gasteiger partial charge in [-0.3, -0.25) is 0 Å². The summed E-state index contributed by atoms with van der Waals surface area (Å²) < 4.78 is 49.4. The highest BCUT2D eigenvalue weighted by atomic mass is 28.3. The van der Waals surface area contributed by atoms with Crippen molar-refractivity contribution in [3.63, 3.8) is 0 Å². The topological polar surface area (TPSA) is 18.5 Å². The Balaban J connectivity index is 2.58. The van der Waals surface area contributed by atoms with Gasteiger partial charge in [0, 0.05) is 13.2 Å². The van der Waals surface area contributed by atoms with Gasteiger partial charge in [-0.2, -0.15) is 13.2 Å². The summed E-state index contributed by atoms with van der Waals surface area (Å²) in [6.07, 6.45) is -1.89. The molecule has 0 saturated carbocycles. The van der Waals surface area contributed by atoms with Crippen molar-refractivity contribution in [1.82, 2.24) is 0 Å². The second-order valence-corrected chi connectivity index (χ2v) is 7.01. The van der Waals surface area contributed by atoms with Crippen LogP contribution in [0.4, 0.5) is 13.2 Å². The normalized spacial score (nSPS) is 12.1. The average molecular weight is 320 g/mol. The van der Waals surface area contributed by atoms with Crippen LogP contribution in [-0.4, -0.2) is 22.5 Å². The summed E-state index contributed by atoms with van der Waals surface area (Å²) in [4.78, 5) is 0. The molecular formula is C15H23F3O2Si. The van der Waals surface area contributed by atoms with Crippen molar-refractivity contribution in [3.05, 3.63) is 35.4 Å². The fourth-order valence-electron chi connectivity index (χ4n) is 1.90. The molecule has 21 heavy (non-hydrogen) atoms. The van der Waals surface area contributed by atoms with Crippen LogP contribution < -0.4 is 0 Å². The summed E-state index contributed by atoms with van der Waals surface area (Å²) in [5.74, 6) is 0. The SMILES string of the molecule is CCCO[SiH](CCc1cccc(C(F)(F)F)c1)OCCC. The van der Waals surface area contributed by atoms with E-state index < -0.39 is 21.0 Å². The average Bonchev–Trinajstić information content (AvgIpc) is 2.46. The highest BCUT2D eigenvalue weighted by Gasteiger charge is 2.30. The zero-order valence-corrected chi connectivity index (χ0v) is 13.7. The largest absolute Gasteiger partial charge is 0.416 e. The lowest BCUT2D eigenvalue weighted by molar-refractivity contribution is -0.137. The maximum absolute atomic E-state index is 12.7. The molecule has 0 aliphatic heterocycles. The summed E-state index contributed by atoms with van der Waals surface area (Å²) in [5, 5.41) is 0. The molecule has 1 aromatic rings. The molecule has 0 amide bonds. The van der Waals surface area contributed by atoms with Crippen LogP contribution in [0.2, 0.25) is 6.04 Å². The molecule has 0 unspecified atom stereocenters. The van der Waals surface area contributed by atoms with Crippen LogP contribution in [0.25, 0.3) is 0 Å². The highest BCUT2D eigenvalue weighted by molar-refractivity contribution is 6.44. The smallest absolute Gasteiger partial charge is 0.397 e. The van der Waals surface area contributed by atoms with Crippen molar-refractivity contribution < 1.29 is 22.0 Å². The van der Waals surface area contributed by atoms with Gasteiger partial charge in [-0.15, -0.1) is 0 Å². The third-order valence-electron chi connectivity index (χ3n) is 2.94. The Morgan fingerprint density at radius 3 is 2.19 bits per heavy atom. The molecule has 0 saturated heterocycles. The molecule has 0 radical (unpaired) electrons. The molecule has 0 heterocycles. The van der Waals surface area contributed by atoms with E-state index in [0.717, 1.165) is 18.9 Å². The molecule has 0 aromatic heterocycles. The number of benzene rings is 1. The number of halogens is 3. The van der Waals surface area contributed by atoms with Gasteiger partial charge in [0.25, 0.3) is 0 Å². The molecule has 0 fully saturated rings. The second-order valence-electron chi connectivity index (χ2n) is 4.91. The van der Waals surface area contributed by atoms with E-state index in [2.05, 4.69) is 0 Å². The van der Waals surface area contributed by atoms with Gasteiger partial charge in [0.15, 0.2) is 0 Å². The van der Waals surface area contributed by atoms with Crippen molar-refractivity contribution in [2.45, 2.75) is 45.3 Å². The van der Waals surface area contributed by atoms with Crippen molar-refractivity contribution in [2.75, 3.05) is 13.2 Å². The Labute approximate surface area is 126 Å². The van der Waals surface area contributed by atoms with E-state index in [0.29, 0.717) is 31.2 Å². The minimum absolute atomic E-state index is 0.564. The maximum atomic E-state index is 12.7. The first-order valence-corrected chi connectivity index (χ1v) is 9.12. The zero-order valence-electron chi connectivity index (χ0n) is 12.6. The van der Waals surface area contributed by atoms with Crippen molar-refractivity contribution in [1.29, 1.82) is 0 Å². The molecule has 0 spiro atoms. The number of aryl methyl sites for hydroxylation is 1. The van der Waals surface area contributed by atoms with Crippen LogP contribution in [0, 0.1) is 0 Å². The van der Waals surface area contributed by atoms with Crippen molar-refractivity contribution in [2.24, 2.45) is 0 Å². The van der Waals surface area contributed by atoms with Gasteiger partial charge in [-0.05, 0) is 36.9 Å². The Kier molecular flexibility index (Phi) is 7.99. The molecular weight excluding hydrogens is 297 g/mol. The lowest BCUT2D eigenvalue weighted by atomic mass is 10.1. The fraction of sp³-hybridized carbons (Fsp3) is 0.600. The molecule has 1 rings (SSSR count). The van der Waals surface area contributed by atoms with Gasteiger partial charge in [-0.1, -0.05) is 32.0 Å². The summed E-state index contributed by atoms with van der Waals surface area (Å²) >= 11 is 0. The molecule has 0 bridgehead atoms. The standard InChI is InChI=1S/C15H23F3O2Si/c1-3-9-19-21(20-10-4-2)11-8-13-6-5-7-14(12-13)15(16,17)18/h5-7,12,21H,3-4,8-11H2,1-2H3.